The van der Waals surface area contributed by atoms with E-state index in [1.165, 1.54) is 6.08 Å². The van der Waals surface area contributed by atoms with Gasteiger partial charge in [-0.3, -0.25) is 4.79 Å². The van der Waals surface area contributed by atoms with Crippen molar-refractivity contribution in [3.05, 3.63) is 11.8 Å². The summed E-state index contributed by atoms with van der Waals surface area (Å²) in [5.74, 6) is -1.35. The Morgan fingerprint density at radius 3 is 2.03 bits per heavy atom. The molecular weight excluding hydrogens is 482 g/mol. The Morgan fingerprint density at radius 1 is 0.970 bits per heavy atom. The van der Waals surface area contributed by atoms with E-state index in [0.717, 1.165) is 6.26 Å². The van der Waals surface area contributed by atoms with Crippen molar-refractivity contribution in [1.82, 2.24) is 5.32 Å². The molecule has 0 aromatic carbocycles. The molecule has 0 saturated heterocycles. The fourth-order valence-corrected chi connectivity index (χ4v) is 2.74. The number of hydrogen-bond acceptors (Lipinski definition) is 10. The van der Waals surface area contributed by atoms with Crippen LogP contribution in [-0.2, 0) is 43.1 Å². The number of sulfone groups is 1. The Labute approximate surface area is 200 Å². The van der Waals surface area contributed by atoms with Crippen molar-refractivity contribution >= 4 is 33.5 Å². The molecule has 0 rings (SSSR count). The first-order valence-corrected chi connectivity index (χ1v) is 12.9. The van der Waals surface area contributed by atoms with Crippen LogP contribution in [0.5, 0.6) is 0 Å². The number of carbonyl (C=O) groups is 2. The number of alkyl halides is 1. The number of rotatable bonds is 19. The van der Waals surface area contributed by atoms with E-state index in [1.807, 2.05) is 0 Å². The summed E-state index contributed by atoms with van der Waals surface area (Å²) in [7, 11) is -1.91. The summed E-state index contributed by atoms with van der Waals surface area (Å²) in [4.78, 5) is 23.7. The zero-order chi connectivity index (χ0) is 25.1. The van der Waals surface area contributed by atoms with Gasteiger partial charge in [0.1, 0.15) is 11.5 Å². The molecule has 194 valence electrons. The molecule has 0 fully saturated rings. The molecule has 1 atom stereocenters. The highest BCUT2D eigenvalue weighted by molar-refractivity contribution is 7.90. The maximum atomic E-state index is 11.9. The minimum absolute atomic E-state index is 0.166. The second-order valence-electron chi connectivity index (χ2n) is 7.19. The van der Waals surface area contributed by atoms with Gasteiger partial charge in [-0.1, -0.05) is 25.4 Å². The molecule has 1 unspecified atom stereocenters. The molecule has 0 aliphatic rings. The second kappa shape index (κ2) is 18.9. The molecule has 11 nitrogen and oxygen atoms in total. The maximum absolute atomic E-state index is 11.9. The summed E-state index contributed by atoms with van der Waals surface area (Å²) in [6.07, 6.45) is 0.846. The molecule has 0 aromatic heterocycles. The first kappa shape index (κ1) is 31.6. The van der Waals surface area contributed by atoms with Crippen LogP contribution in [0, 0.1) is 5.92 Å². The molecule has 0 aliphatic carbocycles. The first-order chi connectivity index (χ1) is 15.5. The lowest BCUT2D eigenvalue weighted by atomic mass is 10.2. The minimum Gasteiger partial charge on any atom is -0.414 e. The minimum atomic E-state index is -3.51. The summed E-state index contributed by atoms with van der Waals surface area (Å²) >= 11 is 5.84. The van der Waals surface area contributed by atoms with Gasteiger partial charge in [0.15, 0.2) is 15.4 Å². The Balaban J connectivity index is 4.16. The standard InChI is InChI=1S/C20H36ClNO10S/c1-16(2)19(21)32-20(24)31-17(15-33(4,25)26)5-6-18(23)22-7-8-28-11-12-30-14-13-29-10-9-27-3/h5,16,19H,6-15H2,1-4H3,(H,22,23)/b17-5+. The summed E-state index contributed by atoms with van der Waals surface area (Å²) < 4.78 is 53.6. The van der Waals surface area contributed by atoms with Gasteiger partial charge in [-0.05, 0) is 6.08 Å². The number of carbonyl (C=O) groups excluding carboxylic acids is 2. The van der Waals surface area contributed by atoms with Gasteiger partial charge in [0.2, 0.25) is 5.91 Å². The number of methoxy groups -OCH3 is 1. The summed E-state index contributed by atoms with van der Waals surface area (Å²) in [6.45, 7) is 6.73. The topological polar surface area (TPSA) is 136 Å². The van der Waals surface area contributed by atoms with E-state index in [-0.39, 0.29) is 31.2 Å². The summed E-state index contributed by atoms with van der Waals surface area (Å²) in [5.41, 5.74) is -0.931. The predicted octanol–water partition coefficient (Wildman–Crippen LogP) is 1.49. The quantitative estimate of drug-likeness (QED) is 0.116. The number of hydrogen-bond donors (Lipinski definition) is 1. The average molecular weight is 518 g/mol. The molecule has 0 aliphatic heterocycles. The molecule has 0 saturated carbocycles. The predicted molar refractivity (Wildman–Crippen MR) is 122 cm³/mol. The normalized spacial score (nSPS) is 13.1. The van der Waals surface area contributed by atoms with Gasteiger partial charge in [0, 0.05) is 32.2 Å². The second-order valence-corrected chi connectivity index (χ2v) is 9.76. The molecular formula is C20H36ClNO10S. The molecule has 33 heavy (non-hydrogen) atoms. The van der Waals surface area contributed by atoms with Crippen LogP contribution in [0.3, 0.4) is 0 Å². The fraction of sp³-hybridized carbons (Fsp3) is 0.800. The van der Waals surface area contributed by atoms with E-state index < -0.39 is 33.2 Å². The van der Waals surface area contributed by atoms with Crippen molar-refractivity contribution in [1.29, 1.82) is 0 Å². The smallest absolute Gasteiger partial charge is 0.414 e. The summed E-state index contributed by atoms with van der Waals surface area (Å²) in [5, 5.41) is 2.61. The van der Waals surface area contributed by atoms with Crippen molar-refractivity contribution < 1.29 is 46.4 Å². The van der Waals surface area contributed by atoms with Crippen molar-refractivity contribution in [2.24, 2.45) is 5.92 Å². The highest BCUT2D eigenvalue weighted by Crippen LogP contribution is 2.14. The zero-order valence-electron chi connectivity index (χ0n) is 19.7. The van der Waals surface area contributed by atoms with Crippen LogP contribution >= 0.6 is 11.6 Å². The molecule has 0 radical (unpaired) electrons. The van der Waals surface area contributed by atoms with E-state index in [4.69, 9.17) is 40.0 Å². The van der Waals surface area contributed by atoms with E-state index in [2.05, 4.69) is 5.32 Å². The molecule has 1 N–H and O–H groups in total. The number of halogens is 1. The first-order valence-electron chi connectivity index (χ1n) is 10.4. The van der Waals surface area contributed by atoms with Crippen molar-refractivity contribution in [3.8, 4) is 0 Å². The lowest BCUT2D eigenvalue weighted by Crippen LogP contribution is -2.27. The van der Waals surface area contributed by atoms with E-state index >= 15 is 0 Å². The molecule has 1 amide bonds. The van der Waals surface area contributed by atoms with Gasteiger partial charge >= 0.3 is 6.16 Å². The highest BCUT2D eigenvalue weighted by Gasteiger charge is 2.19. The van der Waals surface area contributed by atoms with Crippen molar-refractivity contribution in [3.63, 3.8) is 0 Å². The van der Waals surface area contributed by atoms with Crippen molar-refractivity contribution in [2.75, 3.05) is 71.9 Å². The van der Waals surface area contributed by atoms with Crippen LogP contribution in [0.25, 0.3) is 0 Å². The lowest BCUT2D eigenvalue weighted by molar-refractivity contribution is -0.120. The highest BCUT2D eigenvalue weighted by atomic mass is 35.5. The molecule has 13 heteroatoms. The van der Waals surface area contributed by atoms with Gasteiger partial charge in [-0.15, -0.1) is 0 Å². The lowest BCUT2D eigenvalue weighted by Gasteiger charge is -2.15. The molecule has 0 spiro atoms. The van der Waals surface area contributed by atoms with Crippen LogP contribution in [0.2, 0.25) is 0 Å². The summed E-state index contributed by atoms with van der Waals surface area (Å²) in [6, 6.07) is 0. The van der Waals surface area contributed by atoms with Crippen LogP contribution in [0.1, 0.15) is 20.3 Å². The van der Waals surface area contributed by atoms with Crippen molar-refractivity contribution in [2.45, 2.75) is 25.8 Å². The van der Waals surface area contributed by atoms with Crippen LogP contribution < -0.4 is 5.32 Å². The van der Waals surface area contributed by atoms with Crippen LogP contribution in [0.4, 0.5) is 4.79 Å². The zero-order valence-corrected chi connectivity index (χ0v) is 21.2. The molecule has 0 heterocycles. The SMILES string of the molecule is COCCOCCOCCOCCNC(=O)C/C=C(\CS(C)(=O)=O)OC(=O)OC(Cl)C(C)C. The Morgan fingerprint density at radius 2 is 1.52 bits per heavy atom. The van der Waals surface area contributed by atoms with Gasteiger partial charge in [-0.25, -0.2) is 13.2 Å². The third-order valence-electron chi connectivity index (χ3n) is 3.61. The Bertz CT molecular complexity index is 684. The monoisotopic (exact) mass is 517 g/mol. The average Bonchev–Trinajstić information content (AvgIpc) is 2.71. The maximum Gasteiger partial charge on any atom is 0.515 e. The third-order valence-corrected chi connectivity index (χ3v) is 5.01. The van der Waals surface area contributed by atoms with Gasteiger partial charge in [-0.2, -0.15) is 0 Å². The van der Waals surface area contributed by atoms with E-state index in [1.54, 1.807) is 21.0 Å². The molecule has 0 aromatic rings. The number of amides is 1. The number of nitrogens with one attached hydrogen (secondary N) is 1. The van der Waals surface area contributed by atoms with Crippen LogP contribution in [0.15, 0.2) is 11.8 Å². The largest absolute Gasteiger partial charge is 0.515 e. The Hall–Kier alpha value is -1.44. The van der Waals surface area contributed by atoms with Gasteiger partial charge in [0.25, 0.3) is 0 Å². The van der Waals surface area contributed by atoms with Gasteiger partial charge < -0.3 is 33.7 Å². The molecule has 0 bridgehead atoms. The number of ether oxygens (including phenoxy) is 6. The fourth-order valence-electron chi connectivity index (χ4n) is 1.97. The van der Waals surface area contributed by atoms with Gasteiger partial charge in [0.05, 0.1) is 46.2 Å². The third kappa shape index (κ3) is 20.9. The Kier molecular flexibility index (Phi) is 18.1. The van der Waals surface area contributed by atoms with E-state index in [9.17, 15) is 18.0 Å². The van der Waals surface area contributed by atoms with Crippen LogP contribution in [-0.4, -0.2) is 98.0 Å². The van der Waals surface area contributed by atoms with E-state index in [0.29, 0.717) is 39.6 Å².